The number of nitrogens with one attached hydrogen (secondary N) is 2. The van der Waals surface area contributed by atoms with E-state index in [0.29, 0.717) is 23.2 Å². The molecular weight excluding hydrogens is 452 g/mol. The highest BCUT2D eigenvalue weighted by molar-refractivity contribution is 9.10. The monoisotopic (exact) mass is 474 g/mol. The Morgan fingerprint density at radius 2 is 1.57 bits per heavy atom. The molecule has 158 valence electrons. The van der Waals surface area contributed by atoms with Crippen LogP contribution in [0, 0.1) is 0 Å². The largest absolute Gasteiger partial charge is 0.453 e. The first kappa shape index (κ1) is 23.3. The van der Waals surface area contributed by atoms with Crippen LogP contribution >= 0.6 is 15.9 Å². The van der Waals surface area contributed by atoms with Gasteiger partial charge in [0.25, 0.3) is 5.91 Å². The summed E-state index contributed by atoms with van der Waals surface area (Å²) in [7, 11) is 0. The van der Waals surface area contributed by atoms with Crippen LogP contribution in [0.1, 0.15) is 47.4 Å². The van der Waals surface area contributed by atoms with Crippen LogP contribution in [0.4, 0.5) is 5.69 Å². The van der Waals surface area contributed by atoms with E-state index in [-0.39, 0.29) is 18.2 Å². The minimum Gasteiger partial charge on any atom is -0.453 e. The van der Waals surface area contributed by atoms with E-state index < -0.39 is 18.0 Å². The smallest absolute Gasteiger partial charge is 0.326 e. The van der Waals surface area contributed by atoms with E-state index in [4.69, 9.17) is 4.74 Å². The number of benzene rings is 2. The zero-order valence-corrected chi connectivity index (χ0v) is 18.3. The van der Waals surface area contributed by atoms with Gasteiger partial charge < -0.3 is 15.4 Å². The lowest BCUT2D eigenvalue weighted by atomic mass is 10.1. The second kappa shape index (κ2) is 11.3. The lowest BCUT2D eigenvalue weighted by Gasteiger charge is -2.13. The molecule has 0 fully saturated rings. The first-order valence-electron chi connectivity index (χ1n) is 9.47. The fraction of sp³-hybridized carbons (Fsp3) is 0.273. The molecule has 0 saturated carbocycles. The molecule has 0 radical (unpaired) electrons. The Morgan fingerprint density at radius 1 is 0.967 bits per heavy atom. The maximum atomic E-state index is 12.5. The number of hydrogen-bond acceptors (Lipinski definition) is 5. The predicted molar refractivity (Wildman–Crippen MR) is 116 cm³/mol. The van der Waals surface area contributed by atoms with Crippen molar-refractivity contribution in [2.24, 2.45) is 0 Å². The van der Waals surface area contributed by atoms with Crippen molar-refractivity contribution in [2.45, 2.75) is 32.8 Å². The Bertz CT molecular complexity index is 910. The fourth-order valence-corrected chi connectivity index (χ4v) is 2.82. The van der Waals surface area contributed by atoms with E-state index in [1.807, 2.05) is 6.92 Å². The van der Waals surface area contributed by atoms with Crippen LogP contribution in [0.2, 0.25) is 0 Å². The van der Waals surface area contributed by atoms with E-state index in [0.717, 1.165) is 10.9 Å². The summed E-state index contributed by atoms with van der Waals surface area (Å²) < 4.78 is 5.95. The SMILES string of the molecule is CCCC(=O)Nc1ccc(C(=O)C(C)OC(=O)CNC(=O)c2ccc(Br)cc2)cc1. The number of ketones is 1. The van der Waals surface area contributed by atoms with Crippen LogP contribution in [0.25, 0.3) is 0 Å². The van der Waals surface area contributed by atoms with Crippen molar-refractivity contribution in [3.05, 3.63) is 64.1 Å². The van der Waals surface area contributed by atoms with Gasteiger partial charge in [-0.15, -0.1) is 0 Å². The van der Waals surface area contributed by atoms with Gasteiger partial charge in [0.1, 0.15) is 6.54 Å². The summed E-state index contributed by atoms with van der Waals surface area (Å²) in [5.41, 5.74) is 1.34. The topological polar surface area (TPSA) is 102 Å². The van der Waals surface area contributed by atoms with Crippen molar-refractivity contribution in [1.29, 1.82) is 0 Å². The van der Waals surface area contributed by atoms with Crippen molar-refractivity contribution in [3.63, 3.8) is 0 Å². The third kappa shape index (κ3) is 7.11. The molecule has 2 rings (SSSR count). The summed E-state index contributed by atoms with van der Waals surface area (Å²) in [5.74, 6) is -1.61. The number of anilines is 1. The zero-order valence-electron chi connectivity index (χ0n) is 16.7. The quantitative estimate of drug-likeness (QED) is 0.425. The second-order valence-corrected chi connectivity index (χ2v) is 7.48. The van der Waals surface area contributed by atoms with Gasteiger partial charge in [-0.25, -0.2) is 0 Å². The van der Waals surface area contributed by atoms with E-state index >= 15 is 0 Å². The first-order chi connectivity index (χ1) is 14.3. The van der Waals surface area contributed by atoms with Crippen molar-refractivity contribution in [3.8, 4) is 0 Å². The van der Waals surface area contributed by atoms with E-state index in [1.165, 1.54) is 6.92 Å². The maximum Gasteiger partial charge on any atom is 0.326 e. The summed E-state index contributed by atoms with van der Waals surface area (Å²) in [6, 6.07) is 13.0. The molecule has 30 heavy (non-hydrogen) atoms. The molecule has 1 unspecified atom stereocenters. The number of carbonyl (C=O) groups excluding carboxylic acids is 4. The number of rotatable bonds is 9. The second-order valence-electron chi connectivity index (χ2n) is 6.56. The van der Waals surface area contributed by atoms with Crippen molar-refractivity contribution in [1.82, 2.24) is 5.32 Å². The van der Waals surface area contributed by atoms with Crippen LogP contribution in [0.3, 0.4) is 0 Å². The Kier molecular flexibility index (Phi) is 8.73. The summed E-state index contributed by atoms with van der Waals surface area (Å²) in [5, 5.41) is 5.19. The Morgan fingerprint density at radius 3 is 2.17 bits per heavy atom. The van der Waals surface area contributed by atoms with Gasteiger partial charge in [-0.05, 0) is 61.9 Å². The minimum atomic E-state index is -1.01. The first-order valence-corrected chi connectivity index (χ1v) is 10.3. The molecule has 0 aliphatic rings. The lowest BCUT2D eigenvalue weighted by molar-refractivity contribution is -0.145. The van der Waals surface area contributed by atoms with Gasteiger partial charge in [0.2, 0.25) is 11.7 Å². The summed E-state index contributed by atoms with van der Waals surface area (Å²) >= 11 is 3.28. The van der Waals surface area contributed by atoms with Crippen LogP contribution in [-0.2, 0) is 14.3 Å². The molecule has 1 atom stereocenters. The number of carbonyl (C=O) groups is 4. The molecule has 7 nitrogen and oxygen atoms in total. The van der Waals surface area contributed by atoms with Gasteiger partial charge in [0, 0.05) is 27.7 Å². The molecule has 2 amide bonds. The molecule has 0 spiro atoms. The molecule has 2 N–H and O–H groups in total. The summed E-state index contributed by atoms with van der Waals surface area (Å²) in [6.45, 7) is 3.03. The van der Waals surface area contributed by atoms with Crippen LogP contribution < -0.4 is 10.6 Å². The zero-order chi connectivity index (χ0) is 22.1. The number of ether oxygens (including phenoxy) is 1. The van der Waals surface area contributed by atoms with Gasteiger partial charge in [-0.3, -0.25) is 19.2 Å². The van der Waals surface area contributed by atoms with Gasteiger partial charge in [0.15, 0.2) is 6.10 Å². The number of Topliss-reactive ketones (excluding diaryl/α,β-unsaturated/α-hetero) is 1. The van der Waals surface area contributed by atoms with Gasteiger partial charge >= 0.3 is 5.97 Å². The van der Waals surface area contributed by atoms with Crippen LogP contribution in [-0.4, -0.2) is 36.2 Å². The summed E-state index contributed by atoms with van der Waals surface area (Å²) in [6.07, 6.45) is 0.156. The number of hydrogen-bond donors (Lipinski definition) is 2. The molecule has 0 aliphatic carbocycles. The third-order valence-electron chi connectivity index (χ3n) is 4.11. The van der Waals surface area contributed by atoms with Gasteiger partial charge in [-0.1, -0.05) is 22.9 Å². The van der Waals surface area contributed by atoms with Crippen molar-refractivity contribution >= 4 is 45.2 Å². The predicted octanol–water partition coefficient (Wildman–Crippen LogP) is 3.73. The minimum absolute atomic E-state index is 0.0935. The molecule has 0 bridgehead atoms. The highest BCUT2D eigenvalue weighted by atomic mass is 79.9. The number of esters is 1. The fourth-order valence-electron chi connectivity index (χ4n) is 2.55. The molecule has 0 heterocycles. The summed E-state index contributed by atoms with van der Waals surface area (Å²) in [4.78, 5) is 48.1. The van der Waals surface area contributed by atoms with Gasteiger partial charge in [0.05, 0.1) is 0 Å². The Labute approximate surface area is 183 Å². The molecule has 0 aliphatic heterocycles. The molecular formula is C22H23BrN2O5. The normalized spacial score (nSPS) is 11.3. The Hall–Kier alpha value is -3.00. The Balaban J connectivity index is 1.84. The average molecular weight is 475 g/mol. The average Bonchev–Trinajstić information content (AvgIpc) is 2.72. The lowest BCUT2D eigenvalue weighted by Crippen LogP contribution is -2.34. The van der Waals surface area contributed by atoms with E-state index in [1.54, 1.807) is 48.5 Å². The molecule has 0 aromatic heterocycles. The molecule has 2 aromatic rings. The number of halogens is 1. The number of amides is 2. The third-order valence-corrected chi connectivity index (χ3v) is 4.64. The van der Waals surface area contributed by atoms with Crippen molar-refractivity contribution < 1.29 is 23.9 Å². The van der Waals surface area contributed by atoms with E-state index in [9.17, 15) is 19.2 Å². The highest BCUT2D eigenvalue weighted by Gasteiger charge is 2.20. The van der Waals surface area contributed by atoms with Crippen LogP contribution in [0.15, 0.2) is 53.0 Å². The van der Waals surface area contributed by atoms with Crippen molar-refractivity contribution in [2.75, 3.05) is 11.9 Å². The molecule has 2 aromatic carbocycles. The molecule has 0 saturated heterocycles. The molecule has 8 heteroatoms. The van der Waals surface area contributed by atoms with E-state index in [2.05, 4.69) is 26.6 Å². The highest BCUT2D eigenvalue weighted by Crippen LogP contribution is 2.13. The maximum absolute atomic E-state index is 12.5. The standard InChI is InChI=1S/C22H23BrN2O5/c1-3-4-19(26)25-18-11-7-15(8-12-18)21(28)14(2)30-20(27)13-24-22(29)16-5-9-17(23)10-6-16/h5-12,14H,3-4,13H2,1-2H3,(H,24,29)(H,25,26). The van der Waals surface area contributed by atoms with Crippen LogP contribution in [0.5, 0.6) is 0 Å². The van der Waals surface area contributed by atoms with Gasteiger partial charge in [-0.2, -0.15) is 0 Å².